The van der Waals surface area contributed by atoms with Gasteiger partial charge in [-0.1, -0.05) is 45.4 Å². The maximum Gasteiger partial charge on any atom is 0.00695 e. The Balaban J connectivity index is 1.95. The molecule has 1 aliphatic carbocycles. The zero-order valence-corrected chi connectivity index (χ0v) is 10.0. The predicted octanol–water partition coefficient (Wildman–Crippen LogP) is 3.88. The molecule has 0 heterocycles. The van der Waals surface area contributed by atoms with Crippen molar-refractivity contribution in [2.45, 2.75) is 83.7 Å². The van der Waals surface area contributed by atoms with Gasteiger partial charge in [0.1, 0.15) is 0 Å². The lowest BCUT2D eigenvalue weighted by molar-refractivity contribution is 0.418. The molecular formula is C13H27N. The molecule has 0 saturated heterocycles. The van der Waals surface area contributed by atoms with Crippen molar-refractivity contribution in [2.75, 3.05) is 0 Å². The van der Waals surface area contributed by atoms with Crippen LogP contribution < -0.4 is 5.32 Å². The van der Waals surface area contributed by atoms with Gasteiger partial charge in [0.25, 0.3) is 0 Å². The number of rotatable bonds is 7. The number of nitrogens with one attached hydrogen (secondary N) is 1. The fourth-order valence-corrected chi connectivity index (χ4v) is 2.46. The highest BCUT2D eigenvalue weighted by Crippen LogP contribution is 2.18. The Labute approximate surface area is 89.7 Å². The molecule has 0 bridgehead atoms. The summed E-state index contributed by atoms with van der Waals surface area (Å²) in [4.78, 5) is 0. The molecule has 0 aromatic carbocycles. The van der Waals surface area contributed by atoms with Crippen LogP contribution in [0.25, 0.3) is 0 Å². The fraction of sp³-hybridized carbons (Fsp3) is 1.00. The van der Waals surface area contributed by atoms with E-state index in [4.69, 9.17) is 0 Å². The second-order valence-corrected chi connectivity index (χ2v) is 4.90. The van der Waals surface area contributed by atoms with E-state index >= 15 is 0 Å². The summed E-state index contributed by atoms with van der Waals surface area (Å²) >= 11 is 0. The van der Waals surface area contributed by atoms with Crippen LogP contribution in [0.3, 0.4) is 0 Å². The Morgan fingerprint density at radius 1 is 1.14 bits per heavy atom. The van der Waals surface area contributed by atoms with Crippen LogP contribution in [0.1, 0.15) is 71.6 Å². The van der Waals surface area contributed by atoms with E-state index in [0.717, 1.165) is 12.1 Å². The summed E-state index contributed by atoms with van der Waals surface area (Å²) in [5.41, 5.74) is 0. The van der Waals surface area contributed by atoms with Crippen molar-refractivity contribution >= 4 is 0 Å². The van der Waals surface area contributed by atoms with Crippen LogP contribution in [0.2, 0.25) is 0 Å². The standard InChI is InChI=1S/C13H27N/c1-3-4-5-6-9-12(2)14-13-10-7-8-11-13/h12-14H,3-11H2,1-2H3/t12-/m1/s1. The minimum absolute atomic E-state index is 0.745. The summed E-state index contributed by atoms with van der Waals surface area (Å²) in [6.45, 7) is 4.63. The number of unbranched alkanes of at least 4 members (excludes halogenated alkanes) is 3. The van der Waals surface area contributed by atoms with Crippen molar-refractivity contribution in [3.63, 3.8) is 0 Å². The average Bonchev–Trinajstić information content (AvgIpc) is 2.65. The van der Waals surface area contributed by atoms with Crippen molar-refractivity contribution in [2.24, 2.45) is 0 Å². The molecule has 1 rings (SSSR count). The van der Waals surface area contributed by atoms with E-state index in [0.29, 0.717) is 0 Å². The van der Waals surface area contributed by atoms with Crippen molar-refractivity contribution in [1.82, 2.24) is 5.32 Å². The lowest BCUT2D eigenvalue weighted by Crippen LogP contribution is -2.34. The van der Waals surface area contributed by atoms with Gasteiger partial charge in [0.05, 0.1) is 0 Å². The van der Waals surface area contributed by atoms with Gasteiger partial charge in [0.2, 0.25) is 0 Å². The highest BCUT2D eigenvalue weighted by molar-refractivity contribution is 4.76. The van der Waals surface area contributed by atoms with Gasteiger partial charge < -0.3 is 5.32 Å². The van der Waals surface area contributed by atoms with Crippen molar-refractivity contribution in [1.29, 1.82) is 0 Å². The van der Waals surface area contributed by atoms with Gasteiger partial charge in [-0.3, -0.25) is 0 Å². The van der Waals surface area contributed by atoms with E-state index in [1.54, 1.807) is 0 Å². The molecule has 14 heavy (non-hydrogen) atoms. The molecule has 1 saturated carbocycles. The average molecular weight is 197 g/mol. The first-order valence-electron chi connectivity index (χ1n) is 6.59. The third-order valence-corrected chi connectivity index (χ3v) is 3.37. The van der Waals surface area contributed by atoms with Gasteiger partial charge in [0.15, 0.2) is 0 Å². The molecule has 1 heteroatoms. The first kappa shape index (κ1) is 12.0. The highest BCUT2D eigenvalue weighted by Gasteiger charge is 2.16. The summed E-state index contributed by atoms with van der Waals surface area (Å²) in [6.07, 6.45) is 12.7. The van der Waals surface area contributed by atoms with E-state index in [-0.39, 0.29) is 0 Å². The molecule has 1 atom stereocenters. The lowest BCUT2D eigenvalue weighted by Gasteiger charge is -2.18. The van der Waals surface area contributed by atoms with E-state index in [9.17, 15) is 0 Å². The largest absolute Gasteiger partial charge is 0.312 e. The second kappa shape index (κ2) is 7.28. The quantitative estimate of drug-likeness (QED) is 0.611. The van der Waals surface area contributed by atoms with Crippen LogP contribution in [0.5, 0.6) is 0 Å². The van der Waals surface area contributed by atoms with E-state index in [1.165, 1.54) is 57.8 Å². The monoisotopic (exact) mass is 197 g/mol. The van der Waals surface area contributed by atoms with Gasteiger partial charge in [-0.25, -0.2) is 0 Å². The van der Waals surface area contributed by atoms with E-state index in [1.807, 2.05) is 0 Å². The Bertz CT molecular complexity index is 127. The first-order chi connectivity index (χ1) is 6.83. The van der Waals surface area contributed by atoms with Gasteiger partial charge in [-0.05, 0) is 26.2 Å². The SMILES string of the molecule is CCCCCC[C@@H](C)NC1CCCC1. The van der Waals surface area contributed by atoms with E-state index in [2.05, 4.69) is 19.2 Å². The molecule has 1 aliphatic rings. The number of hydrogen-bond acceptors (Lipinski definition) is 1. The fourth-order valence-electron chi connectivity index (χ4n) is 2.46. The zero-order valence-electron chi connectivity index (χ0n) is 10.0. The Kier molecular flexibility index (Phi) is 6.25. The molecule has 1 fully saturated rings. The summed E-state index contributed by atoms with van der Waals surface area (Å²) in [6, 6.07) is 1.59. The lowest BCUT2D eigenvalue weighted by atomic mass is 10.1. The van der Waals surface area contributed by atoms with Gasteiger partial charge in [-0.15, -0.1) is 0 Å². The third-order valence-electron chi connectivity index (χ3n) is 3.37. The minimum Gasteiger partial charge on any atom is -0.312 e. The van der Waals surface area contributed by atoms with Gasteiger partial charge >= 0.3 is 0 Å². The van der Waals surface area contributed by atoms with Crippen LogP contribution in [0.15, 0.2) is 0 Å². The summed E-state index contributed by atoms with van der Waals surface area (Å²) in [5.74, 6) is 0. The molecular weight excluding hydrogens is 170 g/mol. The highest BCUT2D eigenvalue weighted by atomic mass is 14.9. The van der Waals surface area contributed by atoms with E-state index < -0.39 is 0 Å². The zero-order chi connectivity index (χ0) is 10.2. The van der Waals surface area contributed by atoms with Crippen molar-refractivity contribution in [3.8, 4) is 0 Å². The van der Waals surface area contributed by atoms with Crippen LogP contribution in [-0.4, -0.2) is 12.1 Å². The molecule has 0 unspecified atom stereocenters. The number of hydrogen-bond donors (Lipinski definition) is 1. The van der Waals surface area contributed by atoms with Crippen molar-refractivity contribution < 1.29 is 0 Å². The maximum atomic E-state index is 3.76. The molecule has 84 valence electrons. The molecule has 0 aliphatic heterocycles. The molecule has 0 spiro atoms. The molecule has 0 aromatic heterocycles. The van der Waals surface area contributed by atoms with Crippen molar-refractivity contribution in [3.05, 3.63) is 0 Å². The normalized spacial score (nSPS) is 20.1. The van der Waals surface area contributed by atoms with Crippen LogP contribution >= 0.6 is 0 Å². The molecule has 0 aromatic rings. The molecule has 1 N–H and O–H groups in total. The van der Waals surface area contributed by atoms with Gasteiger partial charge in [-0.2, -0.15) is 0 Å². The van der Waals surface area contributed by atoms with Crippen LogP contribution in [0, 0.1) is 0 Å². The Morgan fingerprint density at radius 3 is 2.50 bits per heavy atom. The molecule has 0 amide bonds. The maximum absolute atomic E-state index is 3.76. The summed E-state index contributed by atoms with van der Waals surface area (Å²) < 4.78 is 0. The second-order valence-electron chi connectivity index (χ2n) is 4.90. The van der Waals surface area contributed by atoms with Crippen LogP contribution in [0.4, 0.5) is 0 Å². The smallest absolute Gasteiger partial charge is 0.00695 e. The Morgan fingerprint density at radius 2 is 1.86 bits per heavy atom. The minimum atomic E-state index is 0.745. The summed E-state index contributed by atoms with van der Waals surface area (Å²) in [5, 5.41) is 3.76. The topological polar surface area (TPSA) is 12.0 Å². The summed E-state index contributed by atoms with van der Waals surface area (Å²) in [7, 11) is 0. The molecule has 1 nitrogen and oxygen atoms in total. The third kappa shape index (κ3) is 4.99. The predicted molar refractivity (Wildman–Crippen MR) is 63.6 cm³/mol. The van der Waals surface area contributed by atoms with Crippen LogP contribution in [-0.2, 0) is 0 Å². The first-order valence-corrected chi connectivity index (χ1v) is 6.59. The Hall–Kier alpha value is -0.0400. The molecule has 0 radical (unpaired) electrons. The van der Waals surface area contributed by atoms with Gasteiger partial charge in [0, 0.05) is 12.1 Å².